The van der Waals surface area contributed by atoms with Crippen LogP contribution < -0.4 is 4.72 Å². The van der Waals surface area contributed by atoms with Gasteiger partial charge in [0.1, 0.15) is 5.21 Å². The molecule has 4 nitrogen and oxygen atoms in total. The predicted octanol–water partition coefficient (Wildman–Crippen LogP) is 2.63. The Morgan fingerprint density at radius 1 is 1.40 bits per heavy atom. The van der Waals surface area contributed by atoms with Crippen molar-refractivity contribution in [3.05, 3.63) is 21.8 Å². The highest BCUT2D eigenvalue weighted by Gasteiger charge is 2.13. The van der Waals surface area contributed by atoms with Crippen LogP contribution in [0.25, 0.3) is 0 Å². The van der Waals surface area contributed by atoms with Gasteiger partial charge in [0.2, 0.25) is 10.0 Å². The lowest BCUT2D eigenvalue weighted by atomic mass is 10.4. The number of alkyl halides is 1. The van der Waals surface area contributed by atoms with E-state index in [9.17, 15) is 8.42 Å². The number of hydrogen-bond donors (Lipinski definition) is 1. The molecule has 1 aromatic rings. The molecule has 0 amide bonds. The van der Waals surface area contributed by atoms with Gasteiger partial charge in [0.15, 0.2) is 5.82 Å². The number of hydrogen-bond acceptors (Lipinski definition) is 3. The Kier molecular flexibility index (Phi) is 4.06. The first-order valence-corrected chi connectivity index (χ1v) is 6.69. The monoisotopic (exact) mass is 288 g/mol. The highest BCUT2D eigenvalue weighted by Crippen LogP contribution is 2.26. The minimum atomic E-state index is -3.60. The SMILES string of the molecule is Cc1nc(NS(=O)(=O)CCl)c(Cl)cc1Cl. The lowest BCUT2D eigenvalue weighted by molar-refractivity contribution is 0.605. The summed E-state index contributed by atoms with van der Waals surface area (Å²) in [6.07, 6.45) is 0. The fourth-order valence-electron chi connectivity index (χ4n) is 0.805. The van der Waals surface area contributed by atoms with Gasteiger partial charge >= 0.3 is 0 Å². The van der Waals surface area contributed by atoms with E-state index in [1.807, 2.05) is 0 Å². The number of rotatable bonds is 3. The van der Waals surface area contributed by atoms with Crippen molar-refractivity contribution in [2.24, 2.45) is 0 Å². The van der Waals surface area contributed by atoms with Crippen molar-refractivity contribution >= 4 is 50.6 Å². The molecule has 0 aliphatic rings. The van der Waals surface area contributed by atoms with Crippen LogP contribution in [-0.2, 0) is 10.0 Å². The molecular weight excluding hydrogens is 283 g/mol. The van der Waals surface area contributed by atoms with Crippen molar-refractivity contribution in [3.8, 4) is 0 Å². The lowest BCUT2D eigenvalue weighted by Crippen LogP contribution is -2.15. The Morgan fingerprint density at radius 3 is 2.53 bits per heavy atom. The van der Waals surface area contributed by atoms with Gasteiger partial charge in [-0.3, -0.25) is 4.72 Å². The molecule has 0 aliphatic heterocycles. The molecule has 0 fully saturated rings. The Balaban J connectivity index is 3.12. The summed E-state index contributed by atoms with van der Waals surface area (Å²) in [4.78, 5) is 3.89. The van der Waals surface area contributed by atoms with Crippen LogP contribution in [0, 0.1) is 6.92 Å². The molecule has 1 rings (SSSR count). The van der Waals surface area contributed by atoms with Gasteiger partial charge in [-0.15, -0.1) is 11.6 Å². The number of halogens is 3. The molecule has 0 aromatic carbocycles. The largest absolute Gasteiger partial charge is 0.265 e. The predicted molar refractivity (Wildman–Crippen MR) is 62.3 cm³/mol. The highest BCUT2D eigenvalue weighted by atomic mass is 35.5. The zero-order valence-electron chi connectivity index (χ0n) is 7.59. The van der Waals surface area contributed by atoms with Gasteiger partial charge in [0.25, 0.3) is 0 Å². The molecule has 8 heteroatoms. The molecule has 0 saturated carbocycles. The Bertz CT molecular complexity index is 475. The zero-order valence-corrected chi connectivity index (χ0v) is 10.7. The summed E-state index contributed by atoms with van der Waals surface area (Å²) in [5, 5.41) is -0.0692. The summed E-state index contributed by atoms with van der Waals surface area (Å²) in [5.74, 6) is 0.0271. The molecule has 1 heterocycles. The maximum Gasteiger partial charge on any atom is 0.247 e. The molecule has 0 radical (unpaired) electrons. The van der Waals surface area contributed by atoms with E-state index in [0.29, 0.717) is 10.7 Å². The van der Waals surface area contributed by atoms with E-state index in [1.54, 1.807) is 6.92 Å². The van der Waals surface area contributed by atoms with Crippen LogP contribution in [-0.4, -0.2) is 18.6 Å². The molecule has 84 valence electrons. The fraction of sp³-hybridized carbons (Fsp3) is 0.286. The number of aromatic nitrogens is 1. The number of anilines is 1. The molecule has 0 unspecified atom stereocenters. The van der Waals surface area contributed by atoms with Gasteiger partial charge in [-0.2, -0.15) is 0 Å². The van der Waals surface area contributed by atoms with Gasteiger partial charge in [-0.25, -0.2) is 13.4 Å². The quantitative estimate of drug-likeness (QED) is 0.870. The van der Waals surface area contributed by atoms with E-state index in [2.05, 4.69) is 9.71 Å². The molecule has 0 atom stereocenters. The van der Waals surface area contributed by atoms with Gasteiger partial charge in [-0.05, 0) is 13.0 Å². The first-order chi connectivity index (χ1) is 6.85. The second-order valence-corrected chi connectivity index (χ2v) is 5.83. The van der Waals surface area contributed by atoms with Gasteiger partial charge in [-0.1, -0.05) is 23.2 Å². The summed E-state index contributed by atoms with van der Waals surface area (Å²) in [6, 6.07) is 1.41. The molecule has 1 aromatic heterocycles. The average molecular weight is 290 g/mol. The topological polar surface area (TPSA) is 59.1 Å². The number of aryl methyl sites for hydroxylation is 1. The molecular formula is C7H7Cl3N2O2S. The number of sulfonamides is 1. The third-order valence-corrected chi connectivity index (χ3v) is 3.82. The minimum Gasteiger partial charge on any atom is -0.265 e. The zero-order chi connectivity index (χ0) is 11.6. The van der Waals surface area contributed by atoms with Crippen molar-refractivity contribution < 1.29 is 8.42 Å². The van der Waals surface area contributed by atoms with Crippen LogP contribution in [0.1, 0.15) is 5.69 Å². The summed E-state index contributed by atoms with van der Waals surface area (Å²) in [6.45, 7) is 1.64. The van der Waals surface area contributed by atoms with Crippen molar-refractivity contribution in [2.75, 3.05) is 9.93 Å². The van der Waals surface area contributed by atoms with E-state index in [0.717, 1.165) is 0 Å². The Hall–Kier alpha value is -0.230. The maximum atomic E-state index is 11.1. The van der Waals surface area contributed by atoms with Crippen LogP contribution in [0.3, 0.4) is 0 Å². The van der Waals surface area contributed by atoms with Crippen LogP contribution in [0.2, 0.25) is 10.0 Å². The van der Waals surface area contributed by atoms with Crippen LogP contribution >= 0.6 is 34.8 Å². The number of pyridine rings is 1. The normalized spacial score (nSPS) is 11.5. The third-order valence-electron chi connectivity index (χ3n) is 1.50. The lowest BCUT2D eigenvalue weighted by Gasteiger charge is -2.08. The van der Waals surface area contributed by atoms with Crippen LogP contribution in [0.4, 0.5) is 5.82 Å². The first-order valence-electron chi connectivity index (χ1n) is 3.75. The first kappa shape index (κ1) is 12.8. The maximum absolute atomic E-state index is 11.1. The number of nitrogens with one attached hydrogen (secondary N) is 1. The second kappa shape index (κ2) is 4.74. The minimum absolute atomic E-state index is 0.0271. The Morgan fingerprint density at radius 2 is 2.00 bits per heavy atom. The molecule has 1 N–H and O–H groups in total. The van der Waals surface area contributed by atoms with E-state index >= 15 is 0 Å². The van der Waals surface area contributed by atoms with Gasteiger partial charge in [0.05, 0.1) is 15.7 Å². The van der Waals surface area contributed by atoms with Crippen LogP contribution in [0.5, 0.6) is 0 Å². The highest BCUT2D eigenvalue weighted by molar-refractivity contribution is 7.93. The molecule has 0 saturated heterocycles. The second-order valence-electron chi connectivity index (χ2n) is 2.71. The smallest absolute Gasteiger partial charge is 0.247 e. The van der Waals surface area contributed by atoms with E-state index in [1.165, 1.54) is 6.07 Å². The summed E-state index contributed by atoms with van der Waals surface area (Å²) in [7, 11) is -3.60. The molecule has 0 spiro atoms. The summed E-state index contributed by atoms with van der Waals surface area (Å²) < 4.78 is 24.4. The van der Waals surface area contributed by atoms with Gasteiger partial charge in [0, 0.05) is 0 Å². The van der Waals surface area contributed by atoms with Crippen molar-refractivity contribution in [1.82, 2.24) is 4.98 Å². The van der Waals surface area contributed by atoms with E-state index in [4.69, 9.17) is 34.8 Å². The molecule has 0 bridgehead atoms. The fourth-order valence-corrected chi connectivity index (χ4v) is 1.93. The van der Waals surface area contributed by atoms with Crippen molar-refractivity contribution in [2.45, 2.75) is 6.92 Å². The van der Waals surface area contributed by atoms with Crippen molar-refractivity contribution in [1.29, 1.82) is 0 Å². The third kappa shape index (κ3) is 3.38. The van der Waals surface area contributed by atoms with E-state index < -0.39 is 15.2 Å². The standard InChI is InChI=1S/C7H7Cl3N2O2S/c1-4-5(9)2-6(10)7(11-4)12-15(13,14)3-8/h2H,3H2,1H3,(H,11,12). The molecule has 15 heavy (non-hydrogen) atoms. The molecule has 0 aliphatic carbocycles. The van der Waals surface area contributed by atoms with Crippen molar-refractivity contribution in [3.63, 3.8) is 0 Å². The Labute approximate surface area is 103 Å². The van der Waals surface area contributed by atoms with Crippen LogP contribution in [0.15, 0.2) is 6.07 Å². The van der Waals surface area contributed by atoms with Gasteiger partial charge < -0.3 is 0 Å². The summed E-state index contributed by atoms with van der Waals surface area (Å²) in [5.41, 5.74) is 0.480. The van der Waals surface area contributed by atoms with E-state index in [-0.39, 0.29) is 10.8 Å². The summed E-state index contributed by atoms with van der Waals surface area (Å²) >= 11 is 16.7. The number of nitrogens with zero attached hydrogens (tertiary/aromatic N) is 1. The average Bonchev–Trinajstić information content (AvgIpc) is 2.14.